The van der Waals surface area contributed by atoms with Crippen LogP contribution in [0.5, 0.6) is 0 Å². The second-order valence-corrected chi connectivity index (χ2v) is 8.19. The van der Waals surface area contributed by atoms with Crippen LogP contribution in [0, 0.1) is 0 Å². The van der Waals surface area contributed by atoms with E-state index in [9.17, 15) is 9.59 Å². The number of likely N-dealkylation sites (tertiary alicyclic amines) is 1. The Kier molecular flexibility index (Phi) is 5.66. The van der Waals surface area contributed by atoms with E-state index in [-0.39, 0.29) is 11.6 Å². The Morgan fingerprint density at radius 2 is 1.96 bits per heavy atom. The van der Waals surface area contributed by atoms with Crippen LogP contribution in [0.1, 0.15) is 49.1 Å². The number of hydrogen-bond acceptors (Lipinski definition) is 5. The van der Waals surface area contributed by atoms with Crippen molar-refractivity contribution in [3.05, 3.63) is 45.9 Å². The fourth-order valence-electron chi connectivity index (χ4n) is 3.97. The SMILES string of the molecule is O=C(CSc1nc(=O)n(Cc2ccco2)c2c1CCC2)N1CCCCCC1. The Morgan fingerprint density at radius 3 is 2.70 bits per heavy atom. The Balaban J connectivity index is 1.50. The summed E-state index contributed by atoms with van der Waals surface area (Å²) in [6, 6.07) is 3.70. The molecule has 0 unspecified atom stereocenters. The lowest BCUT2D eigenvalue weighted by Crippen LogP contribution is -2.33. The van der Waals surface area contributed by atoms with Crippen molar-refractivity contribution in [3.8, 4) is 0 Å². The largest absolute Gasteiger partial charge is 0.467 e. The van der Waals surface area contributed by atoms with Crippen LogP contribution in [0.25, 0.3) is 0 Å². The predicted molar refractivity (Wildman–Crippen MR) is 104 cm³/mol. The molecule has 1 amide bonds. The maximum Gasteiger partial charge on any atom is 0.349 e. The fourth-order valence-corrected chi connectivity index (χ4v) is 4.95. The van der Waals surface area contributed by atoms with Crippen molar-refractivity contribution in [1.29, 1.82) is 0 Å². The molecule has 2 aromatic rings. The van der Waals surface area contributed by atoms with E-state index >= 15 is 0 Å². The number of furan rings is 1. The zero-order valence-corrected chi connectivity index (χ0v) is 16.3. The lowest BCUT2D eigenvalue weighted by atomic mass is 10.2. The van der Waals surface area contributed by atoms with Gasteiger partial charge in [0.05, 0.1) is 18.6 Å². The number of carbonyl (C=O) groups excluding carboxylic acids is 1. The van der Waals surface area contributed by atoms with Gasteiger partial charge in [-0.25, -0.2) is 4.79 Å². The molecule has 0 spiro atoms. The maximum atomic E-state index is 12.6. The van der Waals surface area contributed by atoms with Crippen molar-refractivity contribution in [3.63, 3.8) is 0 Å². The van der Waals surface area contributed by atoms with Gasteiger partial charge in [-0.2, -0.15) is 4.98 Å². The van der Waals surface area contributed by atoms with Crippen molar-refractivity contribution in [2.24, 2.45) is 0 Å². The van der Waals surface area contributed by atoms with E-state index in [4.69, 9.17) is 4.42 Å². The van der Waals surface area contributed by atoms with Gasteiger partial charge in [-0.1, -0.05) is 24.6 Å². The first-order chi connectivity index (χ1) is 13.2. The molecule has 144 valence electrons. The van der Waals surface area contributed by atoms with Crippen LogP contribution >= 0.6 is 11.8 Å². The highest BCUT2D eigenvalue weighted by molar-refractivity contribution is 7.99. The minimum atomic E-state index is -0.253. The van der Waals surface area contributed by atoms with Gasteiger partial charge in [0.2, 0.25) is 5.91 Å². The average molecular weight is 388 g/mol. The number of fused-ring (bicyclic) bond motifs is 1. The van der Waals surface area contributed by atoms with Crippen LogP contribution in [0.15, 0.2) is 32.6 Å². The number of amides is 1. The van der Waals surface area contributed by atoms with E-state index in [1.807, 2.05) is 17.0 Å². The molecule has 6 nitrogen and oxygen atoms in total. The van der Waals surface area contributed by atoms with E-state index in [0.29, 0.717) is 12.3 Å². The van der Waals surface area contributed by atoms with Crippen LogP contribution in [0.3, 0.4) is 0 Å². The molecule has 0 aromatic carbocycles. The third-order valence-corrected chi connectivity index (χ3v) is 6.39. The normalized spacial score (nSPS) is 17.0. The second-order valence-electron chi connectivity index (χ2n) is 7.23. The molecular weight excluding hydrogens is 362 g/mol. The van der Waals surface area contributed by atoms with Crippen molar-refractivity contribution >= 4 is 17.7 Å². The van der Waals surface area contributed by atoms with E-state index in [2.05, 4.69) is 4.98 Å². The van der Waals surface area contributed by atoms with Crippen molar-refractivity contribution in [1.82, 2.24) is 14.5 Å². The number of nitrogens with zero attached hydrogens (tertiary/aromatic N) is 3. The lowest BCUT2D eigenvalue weighted by Gasteiger charge is -2.20. The summed E-state index contributed by atoms with van der Waals surface area (Å²) < 4.78 is 7.12. The summed E-state index contributed by atoms with van der Waals surface area (Å²) in [4.78, 5) is 31.5. The first-order valence-corrected chi connectivity index (χ1v) is 10.8. The quantitative estimate of drug-likeness (QED) is 0.583. The molecule has 0 atom stereocenters. The molecule has 2 aromatic heterocycles. The van der Waals surface area contributed by atoms with Crippen molar-refractivity contribution in [2.45, 2.75) is 56.5 Å². The molecule has 7 heteroatoms. The molecule has 0 radical (unpaired) electrons. The summed E-state index contributed by atoms with van der Waals surface area (Å²) in [5.74, 6) is 1.28. The smallest absolute Gasteiger partial charge is 0.349 e. The molecule has 4 rings (SSSR count). The van der Waals surface area contributed by atoms with Gasteiger partial charge in [-0.3, -0.25) is 9.36 Å². The molecule has 2 aliphatic rings. The minimum Gasteiger partial charge on any atom is -0.467 e. The second kappa shape index (κ2) is 8.33. The molecule has 27 heavy (non-hydrogen) atoms. The first-order valence-electron chi connectivity index (χ1n) is 9.78. The van der Waals surface area contributed by atoms with Crippen molar-refractivity contribution < 1.29 is 9.21 Å². The van der Waals surface area contributed by atoms with Gasteiger partial charge in [-0.15, -0.1) is 0 Å². The summed E-state index contributed by atoms with van der Waals surface area (Å²) in [5, 5.41) is 0.742. The molecule has 1 aliphatic heterocycles. The number of rotatable bonds is 5. The standard InChI is InChI=1S/C20H25N3O3S/c24-18(22-10-3-1-2-4-11-22)14-27-19-16-8-5-9-17(16)23(20(25)21-19)13-15-7-6-12-26-15/h6-7,12H,1-5,8-11,13-14H2. The Bertz CT molecular complexity index is 852. The van der Waals surface area contributed by atoms with E-state index in [1.165, 1.54) is 24.6 Å². The molecule has 0 saturated carbocycles. The van der Waals surface area contributed by atoms with Crippen molar-refractivity contribution in [2.75, 3.05) is 18.8 Å². The van der Waals surface area contributed by atoms with Gasteiger partial charge >= 0.3 is 5.69 Å². The number of carbonyl (C=O) groups is 1. The fraction of sp³-hybridized carbons (Fsp3) is 0.550. The molecule has 1 aliphatic carbocycles. The third-order valence-electron chi connectivity index (χ3n) is 5.39. The van der Waals surface area contributed by atoms with Crippen LogP contribution in [-0.4, -0.2) is 39.2 Å². The Labute approximate surface area is 163 Å². The molecule has 0 bridgehead atoms. The third kappa shape index (κ3) is 4.13. The van der Waals surface area contributed by atoms with Gasteiger partial charge in [0.15, 0.2) is 0 Å². The van der Waals surface area contributed by atoms with Gasteiger partial charge in [-0.05, 0) is 44.2 Å². The van der Waals surface area contributed by atoms with Crippen LogP contribution in [0.4, 0.5) is 0 Å². The topological polar surface area (TPSA) is 68.3 Å². The van der Waals surface area contributed by atoms with E-state index in [1.54, 1.807) is 10.8 Å². The summed E-state index contributed by atoms with van der Waals surface area (Å²) >= 11 is 1.43. The van der Waals surface area contributed by atoms with Gasteiger partial charge in [0, 0.05) is 24.3 Å². The summed E-state index contributed by atoms with van der Waals surface area (Å²) in [6.07, 6.45) is 9.03. The first kappa shape index (κ1) is 18.3. The molecule has 3 heterocycles. The minimum absolute atomic E-state index is 0.162. The monoisotopic (exact) mass is 387 g/mol. The number of aromatic nitrogens is 2. The van der Waals surface area contributed by atoms with Crippen LogP contribution in [0.2, 0.25) is 0 Å². The molecular formula is C20H25N3O3S. The zero-order chi connectivity index (χ0) is 18.6. The average Bonchev–Trinajstić information content (AvgIpc) is 3.28. The Hall–Kier alpha value is -2.02. The summed E-state index contributed by atoms with van der Waals surface area (Å²) in [6.45, 7) is 2.13. The van der Waals surface area contributed by atoms with E-state index in [0.717, 1.165) is 67.2 Å². The van der Waals surface area contributed by atoms with Gasteiger partial charge in [0.1, 0.15) is 10.8 Å². The lowest BCUT2D eigenvalue weighted by molar-refractivity contribution is -0.128. The van der Waals surface area contributed by atoms with Gasteiger partial charge in [0.25, 0.3) is 0 Å². The van der Waals surface area contributed by atoms with E-state index < -0.39 is 0 Å². The molecule has 0 N–H and O–H groups in total. The summed E-state index contributed by atoms with van der Waals surface area (Å²) in [5.41, 5.74) is 1.93. The highest BCUT2D eigenvalue weighted by Crippen LogP contribution is 2.29. The maximum absolute atomic E-state index is 12.6. The molecule has 1 fully saturated rings. The van der Waals surface area contributed by atoms with Gasteiger partial charge < -0.3 is 9.32 Å². The Morgan fingerprint density at radius 1 is 1.15 bits per heavy atom. The molecule has 1 saturated heterocycles. The highest BCUT2D eigenvalue weighted by atomic mass is 32.2. The van der Waals surface area contributed by atoms with Crippen LogP contribution < -0.4 is 5.69 Å². The number of hydrogen-bond donors (Lipinski definition) is 0. The summed E-state index contributed by atoms with van der Waals surface area (Å²) in [7, 11) is 0. The number of thioether (sulfide) groups is 1. The predicted octanol–water partition coefficient (Wildman–Crippen LogP) is 2.87. The highest BCUT2D eigenvalue weighted by Gasteiger charge is 2.24. The zero-order valence-electron chi connectivity index (χ0n) is 15.5. The van der Waals surface area contributed by atoms with Crippen LogP contribution in [-0.2, 0) is 24.2 Å².